The molecule has 354 valence electrons. The second-order valence-electron chi connectivity index (χ2n) is 17.5. The number of phosphoric acid groups is 1. The first-order valence-corrected chi connectivity index (χ1v) is 26.0. The van der Waals surface area contributed by atoms with Gasteiger partial charge in [-0.2, -0.15) is 0 Å². The summed E-state index contributed by atoms with van der Waals surface area (Å²) in [5, 5.41) is 0. The summed E-state index contributed by atoms with van der Waals surface area (Å²) in [6.45, 7) is 4.15. The second kappa shape index (κ2) is 43.0. The number of carbonyl (C=O) groups is 2. The lowest BCUT2D eigenvalue weighted by Gasteiger charge is -2.28. The Hall–Kier alpha value is -2.29. The summed E-state index contributed by atoms with van der Waals surface area (Å²) < 4.78 is 34.0. The van der Waals surface area contributed by atoms with Crippen molar-refractivity contribution >= 4 is 19.8 Å². The standard InChI is InChI=1S/C51H92NO8P/c1-6-8-10-12-14-16-18-20-22-23-24-25-26-27-28-29-30-32-34-36-38-40-42-44-51(54)60-49(48-59-61(55,56)58-46-45-52(3,4)5)47-57-50(53)43-41-39-37-35-33-31-21-19-17-15-13-11-9-7-2/h13,15,18-21,23-24,26-27,49H,6-12,14,16-17,22,25,28-48H2,1-5H3/b15-13-,20-18-,21-19-,24-23-,27-26-. The topological polar surface area (TPSA) is 111 Å². The predicted octanol–water partition coefficient (Wildman–Crippen LogP) is 13.8. The number of nitrogens with zero attached hydrogens (tertiary/aromatic N) is 1. The van der Waals surface area contributed by atoms with Gasteiger partial charge in [0.25, 0.3) is 7.82 Å². The fourth-order valence-corrected chi connectivity index (χ4v) is 7.11. The van der Waals surface area contributed by atoms with Gasteiger partial charge in [-0.3, -0.25) is 14.2 Å². The molecule has 9 nitrogen and oxygen atoms in total. The van der Waals surface area contributed by atoms with Crippen molar-refractivity contribution in [3.05, 3.63) is 60.8 Å². The van der Waals surface area contributed by atoms with Crippen LogP contribution in [0.3, 0.4) is 0 Å². The summed E-state index contributed by atoms with van der Waals surface area (Å²) in [5.74, 6) is -0.860. The second-order valence-corrected chi connectivity index (χ2v) is 18.9. The number of quaternary nitrogens is 1. The monoisotopic (exact) mass is 878 g/mol. The molecule has 2 atom stereocenters. The Bertz CT molecular complexity index is 1220. The van der Waals surface area contributed by atoms with E-state index < -0.39 is 32.5 Å². The Morgan fingerprint density at radius 1 is 0.508 bits per heavy atom. The summed E-state index contributed by atoms with van der Waals surface area (Å²) in [7, 11) is 1.15. The first kappa shape index (κ1) is 58.7. The van der Waals surface area contributed by atoms with Crippen molar-refractivity contribution in [3.8, 4) is 0 Å². The number of unbranched alkanes of at least 4 members (excludes halogenated alkanes) is 20. The number of carbonyl (C=O) groups excluding carboxylic acids is 2. The molecule has 0 aromatic carbocycles. The van der Waals surface area contributed by atoms with Crippen molar-refractivity contribution in [1.82, 2.24) is 0 Å². The van der Waals surface area contributed by atoms with E-state index >= 15 is 0 Å². The SMILES string of the molecule is CCCC/C=C\C/C=C\CCCCCCCC(=O)OCC(COP(=O)([O-])OCC[N+](C)(C)C)OC(=O)CCCCCCCCCC/C=C\C/C=C\C/C=C\CCCCCCC. The highest BCUT2D eigenvalue weighted by Crippen LogP contribution is 2.38. The van der Waals surface area contributed by atoms with Crippen LogP contribution in [0.1, 0.15) is 200 Å². The highest BCUT2D eigenvalue weighted by atomic mass is 31.2. The molecule has 0 saturated carbocycles. The summed E-state index contributed by atoms with van der Waals surface area (Å²) >= 11 is 0. The average Bonchev–Trinajstić information content (AvgIpc) is 3.21. The third-order valence-electron chi connectivity index (χ3n) is 10.3. The van der Waals surface area contributed by atoms with E-state index in [-0.39, 0.29) is 26.1 Å². The molecule has 0 aliphatic carbocycles. The Kier molecular flexibility index (Phi) is 41.4. The fourth-order valence-electron chi connectivity index (χ4n) is 6.38. The Morgan fingerprint density at radius 3 is 1.36 bits per heavy atom. The third kappa shape index (κ3) is 47.0. The molecule has 61 heavy (non-hydrogen) atoms. The smallest absolute Gasteiger partial charge is 0.306 e. The van der Waals surface area contributed by atoms with Crippen LogP contribution < -0.4 is 4.89 Å². The molecule has 0 heterocycles. The van der Waals surface area contributed by atoms with Crippen molar-refractivity contribution in [1.29, 1.82) is 0 Å². The van der Waals surface area contributed by atoms with Gasteiger partial charge in [0.05, 0.1) is 27.7 Å². The first-order chi connectivity index (χ1) is 29.5. The van der Waals surface area contributed by atoms with Gasteiger partial charge in [0, 0.05) is 12.8 Å². The van der Waals surface area contributed by atoms with Crippen LogP contribution in [0.25, 0.3) is 0 Å². The predicted molar refractivity (Wildman–Crippen MR) is 254 cm³/mol. The van der Waals surface area contributed by atoms with E-state index in [0.717, 1.165) is 83.5 Å². The van der Waals surface area contributed by atoms with Crippen LogP contribution in [0.2, 0.25) is 0 Å². The van der Waals surface area contributed by atoms with Gasteiger partial charge in [0.2, 0.25) is 0 Å². The number of hydrogen-bond donors (Lipinski definition) is 0. The Labute approximate surface area is 375 Å². The lowest BCUT2D eigenvalue weighted by molar-refractivity contribution is -0.870. The largest absolute Gasteiger partial charge is 0.756 e. The summed E-state index contributed by atoms with van der Waals surface area (Å²) in [6.07, 6.45) is 52.4. The molecule has 0 radical (unpaired) electrons. The zero-order chi connectivity index (χ0) is 45.0. The minimum atomic E-state index is -4.64. The van der Waals surface area contributed by atoms with Crippen molar-refractivity contribution in [2.24, 2.45) is 0 Å². The van der Waals surface area contributed by atoms with E-state index in [4.69, 9.17) is 18.5 Å². The van der Waals surface area contributed by atoms with E-state index in [0.29, 0.717) is 23.9 Å². The molecule has 0 bridgehead atoms. The van der Waals surface area contributed by atoms with Crippen LogP contribution in [0.4, 0.5) is 0 Å². The van der Waals surface area contributed by atoms with E-state index in [9.17, 15) is 19.0 Å². The fraction of sp³-hybridized carbons (Fsp3) is 0.765. The highest BCUT2D eigenvalue weighted by molar-refractivity contribution is 7.45. The third-order valence-corrected chi connectivity index (χ3v) is 11.2. The van der Waals surface area contributed by atoms with E-state index in [1.54, 1.807) is 0 Å². The summed E-state index contributed by atoms with van der Waals surface area (Å²) in [5.41, 5.74) is 0. The molecule has 0 rings (SSSR count). The van der Waals surface area contributed by atoms with Crippen molar-refractivity contribution in [3.63, 3.8) is 0 Å². The maximum Gasteiger partial charge on any atom is 0.306 e. The number of esters is 2. The van der Waals surface area contributed by atoms with Gasteiger partial charge in [-0.15, -0.1) is 0 Å². The zero-order valence-electron chi connectivity index (χ0n) is 39.8. The van der Waals surface area contributed by atoms with Gasteiger partial charge in [0.15, 0.2) is 6.10 Å². The van der Waals surface area contributed by atoms with Crippen LogP contribution in [0.15, 0.2) is 60.8 Å². The Balaban J connectivity index is 4.30. The number of phosphoric ester groups is 1. The molecule has 0 saturated heterocycles. The van der Waals surface area contributed by atoms with Gasteiger partial charge in [0.1, 0.15) is 19.8 Å². The van der Waals surface area contributed by atoms with Crippen LogP contribution in [-0.2, 0) is 32.7 Å². The summed E-state index contributed by atoms with van der Waals surface area (Å²) in [6, 6.07) is 0. The first-order valence-electron chi connectivity index (χ1n) is 24.5. The van der Waals surface area contributed by atoms with Gasteiger partial charge >= 0.3 is 11.9 Å². The summed E-state index contributed by atoms with van der Waals surface area (Å²) in [4.78, 5) is 37.6. The lowest BCUT2D eigenvalue weighted by Crippen LogP contribution is -2.37. The number of hydrogen-bond acceptors (Lipinski definition) is 8. The molecule has 0 fully saturated rings. The normalized spacial score (nSPS) is 14.0. The molecule has 0 aliphatic rings. The van der Waals surface area contributed by atoms with Crippen LogP contribution in [0, 0.1) is 0 Å². The van der Waals surface area contributed by atoms with E-state index in [1.165, 1.54) is 77.0 Å². The maximum atomic E-state index is 12.7. The van der Waals surface area contributed by atoms with Gasteiger partial charge < -0.3 is 27.9 Å². The molecule has 10 heteroatoms. The number of rotatable bonds is 44. The van der Waals surface area contributed by atoms with Crippen LogP contribution >= 0.6 is 7.82 Å². The van der Waals surface area contributed by atoms with Crippen LogP contribution in [0.5, 0.6) is 0 Å². The molecular formula is C51H92NO8P. The molecule has 0 amide bonds. The number of likely N-dealkylation sites (N-methyl/N-ethyl adjacent to an activating group) is 1. The number of allylic oxidation sites excluding steroid dienone is 10. The van der Waals surface area contributed by atoms with E-state index in [2.05, 4.69) is 74.6 Å². The molecule has 0 aromatic heterocycles. The lowest BCUT2D eigenvalue weighted by atomic mass is 10.1. The minimum absolute atomic E-state index is 0.0372. The zero-order valence-corrected chi connectivity index (χ0v) is 40.7. The molecule has 0 aliphatic heterocycles. The molecule has 2 unspecified atom stereocenters. The molecule has 0 N–H and O–H groups in total. The quantitative estimate of drug-likeness (QED) is 0.0196. The van der Waals surface area contributed by atoms with Gasteiger partial charge in [-0.1, -0.05) is 171 Å². The van der Waals surface area contributed by atoms with Gasteiger partial charge in [-0.25, -0.2) is 0 Å². The maximum absolute atomic E-state index is 12.7. The van der Waals surface area contributed by atoms with E-state index in [1.807, 2.05) is 21.1 Å². The van der Waals surface area contributed by atoms with Crippen molar-refractivity contribution < 1.29 is 42.1 Å². The molecule has 0 aromatic rings. The molecule has 0 spiro atoms. The minimum Gasteiger partial charge on any atom is -0.756 e. The Morgan fingerprint density at radius 2 is 0.902 bits per heavy atom. The van der Waals surface area contributed by atoms with Gasteiger partial charge in [-0.05, 0) is 77.0 Å². The highest BCUT2D eigenvalue weighted by Gasteiger charge is 2.21. The van der Waals surface area contributed by atoms with Crippen molar-refractivity contribution in [2.75, 3.05) is 47.5 Å². The molecular weight excluding hydrogens is 786 g/mol. The van der Waals surface area contributed by atoms with Crippen molar-refractivity contribution in [2.45, 2.75) is 206 Å². The van der Waals surface area contributed by atoms with Crippen LogP contribution in [-0.4, -0.2) is 70.0 Å². The average molecular weight is 878 g/mol. The number of ether oxygens (including phenoxy) is 2.